The van der Waals surface area contributed by atoms with Crippen LogP contribution in [0.5, 0.6) is 0 Å². The average Bonchev–Trinajstić information content (AvgIpc) is 2.52. The van der Waals surface area contributed by atoms with Crippen LogP contribution in [0.3, 0.4) is 0 Å². The number of amides is 2. The van der Waals surface area contributed by atoms with Crippen molar-refractivity contribution in [3.05, 3.63) is 0 Å². The predicted octanol–water partition coefficient (Wildman–Crippen LogP) is 3.02. The lowest BCUT2D eigenvalue weighted by Gasteiger charge is -2.27. The summed E-state index contributed by atoms with van der Waals surface area (Å²) in [5, 5.41) is 6.04. The van der Waals surface area contributed by atoms with E-state index in [1.54, 1.807) is 0 Å². The van der Waals surface area contributed by atoms with Crippen molar-refractivity contribution in [2.75, 3.05) is 13.1 Å². The molecule has 0 aromatic heterocycles. The van der Waals surface area contributed by atoms with Crippen LogP contribution in [0.25, 0.3) is 0 Å². The Morgan fingerprint density at radius 2 is 1.67 bits per heavy atom. The largest absolute Gasteiger partial charge is 0.356 e. The second-order valence-corrected chi connectivity index (χ2v) is 6.23. The van der Waals surface area contributed by atoms with Crippen LogP contribution in [0.15, 0.2) is 0 Å². The third kappa shape index (κ3) is 7.49. The van der Waals surface area contributed by atoms with E-state index in [1.807, 2.05) is 6.92 Å². The van der Waals surface area contributed by atoms with Crippen LogP contribution in [0, 0.1) is 11.8 Å². The van der Waals surface area contributed by atoms with Crippen LogP contribution < -0.4 is 10.6 Å². The van der Waals surface area contributed by atoms with Crippen molar-refractivity contribution in [2.45, 2.75) is 71.6 Å². The molecule has 0 aromatic carbocycles. The Kier molecular flexibility index (Phi) is 9.11. The van der Waals surface area contributed by atoms with Crippen LogP contribution in [0.4, 0.5) is 0 Å². The minimum absolute atomic E-state index is 0.127. The number of carbonyl (C=O) groups excluding carboxylic acids is 2. The van der Waals surface area contributed by atoms with Gasteiger partial charge in [0.2, 0.25) is 11.8 Å². The fourth-order valence-electron chi connectivity index (χ4n) is 2.92. The number of nitrogens with one attached hydrogen (secondary N) is 2. The normalized spacial score (nSPS) is 21.8. The molecule has 1 saturated carbocycles. The highest BCUT2D eigenvalue weighted by atomic mass is 16.2. The van der Waals surface area contributed by atoms with Gasteiger partial charge in [0.25, 0.3) is 0 Å². The van der Waals surface area contributed by atoms with E-state index < -0.39 is 0 Å². The second kappa shape index (κ2) is 10.6. The molecule has 1 fully saturated rings. The zero-order valence-electron chi connectivity index (χ0n) is 13.7. The van der Waals surface area contributed by atoms with Crippen molar-refractivity contribution >= 4 is 11.8 Å². The summed E-state index contributed by atoms with van der Waals surface area (Å²) in [5.74, 6) is 1.10. The molecule has 1 aliphatic rings. The number of hydrogen-bond acceptors (Lipinski definition) is 2. The summed E-state index contributed by atoms with van der Waals surface area (Å²) >= 11 is 0. The SMILES string of the molecule is CCCCCCNC(=O)C1CCC(CNC(=O)CC)CC1. The van der Waals surface area contributed by atoms with E-state index in [1.165, 1.54) is 19.3 Å². The van der Waals surface area contributed by atoms with Gasteiger partial charge in [-0.25, -0.2) is 0 Å². The Morgan fingerprint density at radius 3 is 2.29 bits per heavy atom. The Balaban J connectivity index is 2.11. The molecule has 2 N–H and O–H groups in total. The zero-order chi connectivity index (χ0) is 15.5. The minimum atomic E-state index is 0.127. The van der Waals surface area contributed by atoms with Crippen LogP contribution in [0.2, 0.25) is 0 Å². The molecule has 0 aliphatic heterocycles. The molecule has 1 aliphatic carbocycles. The highest BCUT2D eigenvalue weighted by Gasteiger charge is 2.26. The molecule has 0 saturated heterocycles. The molecule has 0 unspecified atom stereocenters. The Morgan fingerprint density at radius 1 is 0.952 bits per heavy atom. The Bertz CT molecular complexity index is 310. The zero-order valence-corrected chi connectivity index (χ0v) is 13.7. The maximum absolute atomic E-state index is 12.1. The molecule has 0 bridgehead atoms. The summed E-state index contributed by atoms with van der Waals surface area (Å²) in [6.45, 7) is 5.67. The van der Waals surface area contributed by atoms with E-state index in [0.29, 0.717) is 12.3 Å². The third-order valence-electron chi connectivity index (χ3n) is 4.46. The second-order valence-electron chi connectivity index (χ2n) is 6.23. The molecule has 0 aromatic rings. The maximum Gasteiger partial charge on any atom is 0.223 e. The third-order valence-corrected chi connectivity index (χ3v) is 4.46. The van der Waals surface area contributed by atoms with Gasteiger partial charge in [-0.1, -0.05) is 33.1 Å². The van der Waals surface area contributed by atoms with E-state index in [2.05, 4.69) is 17.6 Å². The van der Waals surface area contributed by atoms with Crippen LogP contribution in [-0.2, 0) is 9.59 Å². The summed E-state index contributed by atoms with van der Waals surface area (Å²) in [5.41, 5.74) is 0. The number of unbranched alkanes of at least 4 members (excludes halogenated alkanes) is 3. The molecule has 0 atom stereocenters. The fourth-order valence-corrected chi connectivity index (χ4v) is 2.92. The lowest BCUT2D eigenvalue weighted by molar-refractivity contribution is -0.126. The first-order valence-electron chi connectivity index (χ1n) is 8.71. The number of carbonyl (C=O) groups is 2. The molecular weight excluding hydrogens is 264 g/mol. The molecule has 1 rings (SSSR count). The summed E-state index contributed by atoms with van der Waals surface area (Å²) < 4.78 is 0. The van der Waals surface area contributed by atoms with Gasteiger partial charge < -0.3 is 10.6 Å². The van der Waals surface area contributed by atoms with Gasteiger partial charge in [0, 0.05) is 25.4 Å². The van der Waals surface area contributed by atoms with Crippen molar-refractivity contribution < 1.29 is 9.59 Å². The maximum atomic E-state index is 12.1. The Labute approximate surface area is 129 Å². The fraction of sp³-hybridized carbons (Fsp3) is 0.882. The minimum Gasteiger partial charge on any atom is -0.356 e. The van der Waals surface area contributed by atoms with Crippen LogP contribution >= 0.6 is 0 Å². The highest BCUT2D eigenvalue weighted by Crippen LogP contribution is 2.28. The molecular formula is C17H32N2O2. The van der Waals surface area contributed by atoms with Gasteiger partial charge in [-0.05, 0) is 38.0 Å². The number of rotatable bonds is 9. The van der Waals surface area contributed by atoms with E-state index >= 15 is 0 Å². The smallest absolute Gasteiger partial charge is 0.223 e. The van der Waals surface area contributed by atoms with Gasteiger partial charge >= 0.3 is 0 Å². The lowest BCUT2D eigenvalue weighted by atomic mass is 9.81. The molecule has 2 amide bonds. The summed E-state index contributed by atoms with van der Waals surface area (Å²) in [6.07, 6.45) is 9.38. The van der Waals surface area contributed by atoms with Gasteiger partial charge in [-0.3, -0.25) is 9.59 Å². The van der Waals surface area contributed by atoms with Gasteiger partial charge in [-0.2, -0.15) is 0 Å². The van der Waals surface area contributed by atoms with E-state index in [4.69, 9.17) is 0 Å². The summed E-state index contributed by atoms with van der Waals surface area (Å²) in [4.78, 5) is 23.3. The van der Waals surface area contributed by atoms with Crippen LogP contribution in [0.1, 0.15) is 71.6 Å². The lowest BCUT2D eigenvalue weighted by Crippen LogP contribution is -2.36. The first kappa shape index (κ1) is 18.0. The molecule has 0 spiro atoms. The molecule has 122 valence electrons. The van der Waals surface area contributed by atoms with E-state index in [-0.39, 0.29) is 17.7 Å². The van der Waals surface area contributed by atoms with Crippen molar-refractivity contribution in [1.29, 1.82) is 0 Å². The van der Waals surface area contributed by atoms with Crippen molar-refractivity contribution in [3.8, 4) is 0 Å². The van der Waals surface area contributed by atoms with Crippen molar-refractivity contribution in [3.63, 3.8) is 0 Å². The Hall–Kier alpha value is -1.06. The van der Waals surface area contributed by atoms with E-state index in [0.717, 1.165) is 45.2 Å². The first-order chi connectivity index (χ1) is 10.2. The molecule has 4 nitrogen and oxygen atoms in total. The predicted molar refractivity (Wildman–Crippen MR) is 85.9 cm³/mol. The topological polar surface area (TPSA) is 58.2 Å². The molecule has 0 radical (unpaired) electrons. The van der Waals surface area contributed by atoms with Gasteiger partial charge in [-0.15, -0.1) is 0 Å². The quantitative estimate of drug-likeness (QED) is 0.643. The monoisotopic (exact) mass is 296 g/mol. The number of hydrogen-bond donors (Lipinski definition) is 2. The highest BCUT2D eigenvalue weighted by molar-refractivity contribution is 5.78. The van der Waals surface area contributed by atoms with Gasteiger partial charge in [0.15, 0.2) is 0 Å². The van der Waals surface area contributed by atoms with Crippen molar-refractivity contribution in [1.82, 2.24) is 10.6 Å². The van der Waals surface area contributed by atoms with E-state index in [9.17, 15) is 9.59 Å². The van der Waals surface area contributed by atoms with Gasteiger partial charge in [0.1, 0.15) is 0 Å². The molecule has 0 heterocycles. The molecule has 21 heavy (non-hydrogen) atoms. The van der Waals surface area contributed by atoms with Crippen molar-refractivity contribution in [2.24, 2.45) is 11.8 Å². The average molecular weight is 296 g/mol. The standard InChI is InChI=1S/C17H32N2O2/c1-3-5-6-7-12-18-17(21)15-10-8-14(9-11-15)13-19-16(20)4-2/h14-15H,3-13H2,1-2H3,(H,18,21)(H,19,20). The van der Waals surface area contributed by atoms with Crippen LogP contribution in [-0.4, -0.2) is 24.9 Å². The summed E-state index contributed by atoms with van der Waals surface area (Å²) in [7, 11) is 0. The molecule has 4 heteroatoms. The first-order valence-corrected chi connectivity index (χ1v) is 8.71. The van der Waals surface area contributed by atoms with Gasteiger partial charge in [0.05, 0.1) is 0 Å². The summed E-state index contributed by atoms with van der Waals surface area (Å²) in [6, 6.07) is 0.